The van der Waals surface area contributed by atoms with Crippen molar-refractivity contribution in [2.75, 3.05) is 25.1 Å². The van der Waals surface area contributed by atoms with Crippen LogP contribution in [0.25, 0.3) is 0 Å². The van der Waals surface area contributed by atoms with Crippen LogP contribution in [0.3, 0.4) is 0 Å². The van der Waals surface area contributed by atoms with Crippen molar-refractivity contribution >= 4 is 23.4 Å². The van der Waals surface area contributed by atoms with Gasteiger partial charge in [-0.1, -0.05) is 37.3 Å². The van der Waals surface area contributed by atoms with E-state index in [0.29, 0.717) is 49.5 Å². The van der Waals surface area contributed by atoms with Crippen LogP contribution in [-0.4, -0.2) is 65.5 Å². The molecule has 234 valence electrons. The summed E-state index contributed by atoms with van der Waals surface area (Å²) >= 11 is 0. The molecule has 0 unspecified atom stereocenters. The Balaban J connectivity index is 1.48. The lowest BCUT2D eigenvalue weighted by atomic mass is 9.92. The lowest BCUT2D eigenvalue weighted by molar-refractivity contribution is -0.119. The van der Waals surface area contributed by atoms with Crippen LogP contribution < -0.4 is 16.4 Å². The quantitative estimate of drug-likeness (QED) is 0.264. The average Bonchev–Trinajstić information content (AvgIpc) is 3.49. The van der Waals surface area contributed by atoms with Crippen LogP contribution >= 0.6 is 0 Å². The Hall–Kier alpha value is -4.15. The number of nitrogens with two attached hydrogens (primary N) is 1. The van der Waals surface area contributed by atoms with Gasteiger partial charge in [0.05, 0.1) is 12.6 Å². The van der Waals surface area contributed by atoms with E-state index in [4.69, 9.17) is 10.5 Å². The summed E-state index contributed by atoms with van der Waals surface area (Å²) in [5.41, 5.74) is 9.21. The van der Waals surface area contributed by atoms with Gasteiger partial charge in [-0.25, -0.2) is 9.37 Å². The van der Waals surface area contributed by atoms with Gasteiger partial charge in [0.15, 0.2) is 0 Å². The van der Waals surface area contributed by atoms with Crippen molar-refractivity contribution < 1.29 is 23.5 Å². The maximum absolute atomic E-state index is 13.6. The number of benzene rings is 2. The molecule has 4 rings (SSSR count). The van der Waals surface area contributed by atoms with Crippen LogP contribution in [0.1, 0.15) is 65.2 Å². The first-order valence-electron chi connectivity index (χ1n) is 15.2. The molecule has 0 spiro atoms. The number of hydrogen-bond acceptors (Lipinski definition) is 6. The number of aryl methyl sites for hydroxylation is 1. The summed E-state index contributed by atoms with van der Waals surface area (Å²) in [6.45, 7) is 7.12. The minimum atomic E-state index is -0.568. The summed E-state index contributed by atoms with van der Waals surface area (Å²) in [6.07, 6.45) is 2.50. The minimum Gasteiger partial charge on any atom is -0.380 e. The highest BCUT2D eigenvalue weighted by Crippen LogP contribution is 2.21. The maximum Gasteiger partial charge on any atom is 0.272 e. The van der Waals surface area contributed by atoms with Crippen molar-refractivity contribution in [1.82, 2.24) is 15.2 Å². The molecule has 0 radical (unpaired) electrons. The molecule has 0 aliphatic carbocycles. The normalized spacial score (nSPS) is 16.7. The molecule has 0 saturated carbocycles. The van der Waals surface area contributed by atoms with Gasteiger partial charge in [-0.3, -0.25) is 14.4 Å². The number of ether oxygens (including phenoxy) is 1. The van der Waals surface area contributed by atoms with Gasteiger partial charge < -0.3 is 26.0 Å². The van der Waals surface area contributed by atoms with Gasteiger partial charge in [-0.05, 0) is 81.5 Å². The Labute approximate surface area is 258 Å². The van der Waals surface area contributed by atoms with Crippen molar-refractivity contribution in [2.24, 2.45) is 11.7 Å². The molecule has 1 saturated heterocycles. The average molecular weight is 604 g/mol. The molecule has 9 nitrogen and oxygen atoms in total. The molecular formula is C34H42FN5O4. The fourth-order valence-electron chi connectivity index (χ4n) is 5.49. The smallest absolute Gasteiger partial charge is 0.272 e. The number of carbonyl (C=O) groups excluding carboxylic acids is 3. The van der Waals surface area contributed by atoms with E-state index in [9.17, 15) is 18.8 Å². The number of amides is 3. The summed E-state index contributed by atoms with van der Waals surface area (Å²) in [5, 5.41) is 5.86. The lowest BCUT2D eigenvalue weighted by Crippen LogP contribution is -2.50. The standard InChI is InChI=1S/C34H42FN5O4/c1-4-44-21-28-11-8-16-40(28)34(43)31-20-25(18-23(3)37-31)33(42)39-30(19-24-9-6-5-7-10-24)29(36)17-22(2)32(41)38-27-14-12-26(35)13-15-27/h5-7,9-10,12-15,18,20,22,28-30H,4,8,11,16-17,19,21,36H2,1-3H3,(H,38,41)(H,39,42)/t22-,28-,29+,30+/m1/s1. The maximum atomic E-state index is 13.6. The number of carbonyl (C=O) groups is 3. The monoisotopic (exact) mass is 603 g/mol. The molecule has 4 N–H and O–H groups in total. The van der Waals surface area contributed by atoms with E-state index in [1.54, 1.807) is 24.8 Å². The zero-order valence-corrected chi connectivity index (χ0v) is 25.6. The van der Waals surface area contributed by atoms with Crippen LogP contribution in [0.2, 0.25) is 0 Å². The second-order valence-corrected chi connectivity index (χ2v) is 11.4. The molecule has 44 heavy (non-hydrogen) atoms. The predicted octanol–water partition coefficient (Wildman–Crippen LogP) is 4.50. The van der Waals surface area contributed by atoms with Gasteiger partial charge in [0, 0.05) is 48.1 Å². The van der Waals surface area contributed by atoms with Gasteiger partial charge in [0.2, 0.25) is 5.91 Å². The van der Waals surface area contributed by atoms with Gasteiger partial charge in [-0.15, -0.1) is 0 Å². The first-order chi connectivity index (χ1) is 21.1. The number of nitrogens with zero attached hydrogens (tertiary/aromatic N) is 2. The summed E-state index contributed by atoms with van der Waals surface area (Å²) in [6, 6.07) is 17.3. The fourth-order valence-corrected chi connectivity index (χ4v) is 5.49. The number of anilines is 1. The SMILES string of the molecule is CCOC[C@H]1CCCN1C(=O)c1cc(C(=O)N[C@@H](Cc2ccccc2)[C@@H](N)C[C@@H](C)C(=O)Nc2ccc(F)cc2)cc(C)n1. The van der Waals surface area contributed by atoms with Crippen molar-refractivity contribution in [3.05, 3.63) is 95.1 Å². The molecule has 2 aromatic carbocycles. The summed E-state index contributed by atoms with van der Waals surface area (Å²) in [5.74, 6) is -1.72. The van der Waals surface area contributed by atoms with E-state index < -0.39 is 18.0 Å². The molecule has 3 aromatic rings. The molecule has 3 amide bonds. The topological polar surface area (TPSA) is 127 Å². The van der Waals surface area contributed by atoms with Crippen molar-refractivity contribution in [3.63, 3.8) is 0 Å². The van der Waals surface area contributed by atoms with Gasteiger partial charge in [-0.2, -0.15) is 0 Å². The molecule has 1 aliphatic rings. The van der Waals surface area contributed by atoms with Crippen LogP contribution in [0.15, 0.2) is 66.7 Å². The van der Waals surface area contributed by atoms with Crippen LogP contribution in [-0.2, 0) is 16.0 Å². The van der Waals surface area contributed by atoms with Gasteiger partial charge >= 0.3 is 0 Å². The molecular weight excluding hydrogens is 561 g/mol. The Morgan fingerprint density at radius 2 is 1.84 bits per heavy atom. The van der Waals surface area contributed by atoms with Crippen molar-refractivity contribution in [2.45, 2.75) is 64.6 Å². The Morgan fingerprint density at radius 1 is 1.11 bits per heavy atom. The van der Waals surface area contributed by atoms with E-state index in [2.05, 4.69) is 15.6 Å². The number of hydrogen-bond donors (Lipinski definition) is 3. The second-order valence-electron chi connectivity index (χ2n) is 11.4. The van der Waals surface area contributed by atoms with E-state index in [0.717, 1.165) is 18.4 Å². The summed E-state index contributed by atoms with van der Waals surface area (Å²) < 4.78 is 18.9. The molecule has 4 atom stereocenters. The van der Waals surface area contributed by atoms with Crippen LogP contribution in [0.4, 0.5) is 10.1 Å². The van der Waals surface area contributed by atoms with Crippen LogP contribution in [0, 0.1) is 18.7 Å². The van der Waals surface area contributed by atoms with E-state index in [1.165, 1.54) is 30.3 Å². The molecule has 2 heterocycles. The van der Waals surface area contributed by atoms with Gasteiger partial charge in [0.25, 0.3) is 11.8 Å². The number of halogens is 1. The highest BCUT2D eigenvalue weighted by atomic mass is 19.1. The third-order valence-corrected chi connectivity index (χ3v) is 7.90. The summed E-state index contributed by atoms with van der Waals surface area (Å²) in [7, 11) is 0. The van der Waals surface area contributed by atoms with Crippen LogP contribution in [0.5, 0.6) is 0 Å². The highest BCUT2D eigenvalue weighted by molar-refractivity contribution is 5.99. The number of rotatable bonds is 13. The molecule has 1 aliphatic heterocycles. The Kier molecular flexibility index (Phi) is 11.6. The largest absolute Gasteiger partial charge is 0.380 e. The van der Waals surface area contributed by atoms with E-state index >= 15 is 0 Å². The van der Waals surface area contributed by atoms with E-state index in [1.807, 2.05) is 37.3 Å². The highest BCUT2D eigenvalue weighted by Gasteiger charge is 2.31. The van der Waals surface area contributed by atoms with Crippen molar-refractivity contribution in [3.8, 4) is 0 Å². The zero-order chi connectivity index (χ0) is 31.6. The second kappa shape index (κ2) is 15.5. The molecule has 1 aromatic heterocycles. The number of likely N-dealkylation sites (tertiary alicyclic amines) is 1. The van der Waals surface area contributed by atoms with E-state index in [-0.39, 0.29) is 35.3 Å². The fraction of sp³-hybridized carbons (Fsp3) is 0.412. The Morgan fingerprint density at radius 3 is 2.55 bits per heavy atom. The zero-order valence-electron chi connectivity index (χ0n) is 25.6. The molecule has 0 bridgehead atoms. The summed E-state index contributed by atoms with van der Waals surface area (Å²) in [4.78, 5) is 46.2. The molecule has 10 heteroatoms. The minimum absolute atomic E-state index is 0.0162. The number of nitrogens with one attached hydrogen (secondary N) is 2. The molecule has 1 fully saturated rings. The lowest BCUT2D eigenvalue weighted by Gasteiger charge is -2.27. The first-order valence-corrected chi connectivity index (χ1v) is 15.2. The van der Waals surface area contributed by atoms with Crippen molar-refractivity contribution in [1.29, 1.82) is 0 Å². The Bertz CT molecular complexity index is 1420. The number of pyridine rings is 1. The third kappa shape index (κ3) is 8.93. The predicted molar refractivity (Wildman–Crippen MR) is 168 cm³/mol. The number of aromatic nitrogens is 1. The first kappa shape index (κ1) is 32.8. The third-order valence-electron chi connectivity index (χ3n) is 7.90. The van der Waals surface area contributed by atoms with Gasteiger partial charge in [0.1, 0.15) is 11.5 Å².